The second-order valence-corrected chi connectivity index (χ2v) is 4.95. The highest BCUT2D eigenvalue weighted by Crippen LogP contribution is 2.39. The van der Waals surface area contributed by atoms with E-state index in [4.69, 9.17) is 33.4 Å². The summed E-state index contributed by atoms with van der Waals surface area (Å²) in [4.78, 5) is 4.85. The van der Waals surface area contributed by atoms with Crippen LogP contribution in [0.1, 0.15) is 5.69 Å². The molecule has 0 atom stereocenters. The van der Waals surface area contributed by atoms with E-state index in [-0.39, 0.29) is 0 Å². The normalized spacial score (nSPS) is 10.7. The van der Waals surface area contributed by atoms with Crippen LogP contribution < -0.4 is 5.73 Å². The summed E-state index contributed by atoms with van der Waals surface area (Å²) in [5, 5.41) is 1.49. The average molecular weight is 275 g/mol. The molecule has 84 valence electrons. The molecule has 2 aromatic rings. The summed E-state index contributed by atoms with van der Waals surface area (Å²) in [6.45, 7) is 1.85. The number of aromatic nitrogens is 1. The van der Waals surface area contributed by atoms with E-state index < -0.39 is 0 Å². The van der Waals surface area contributed by atoms with E-state index in [1.165, 1.54) is 11.8 Å². The van der Waals surface area contributed by atoms with Crippen LogP contribution in [0.3, 0.4) is 0 Å². The van der Waals surface area contributed by atoms with Gasteiger partial charge in [0.25, 0.3) is 5.22 Å². The summed E-state index contributed by atoms with van der Waals surface area (Å²) in [7, 11) is 0. The molecule has 0 unspecified atom stereocenters. The van der Waals surface area contributed by atoms with Gasteiger partial charge in [0.2, 0.25) is 0 Å². The summed E-state index contributed by atoms with van der Waals surface area (Å²) in [5.74, 6) is 0. The molecule has 1 heterocycles. The van der Waals surface area contributed by atoms with Crippen molar-refractivity contribution in [2.75, 3.05) is 5.73 Å². The Morgan fingerprint density at radius 3 is 2.44 bits per heavy atom. The Kier molecular flexibility index (Phi) is 3.33. The van der Waals surface area contributed by atoms with Gasteiger partial charge in [0.1, 0.15) is 6.26 Å². The first-order chi connectivity index (χ1) is 7.56. The zero-order valence-corrected chi connectivity index (χ0v) is 10.7. The molecule has 0 bridgehead atoms. The van der Waals surface area contributed by atoms with E-state index >= 15 is 0 Å². The zero-order chi connectivity index (χ0) is 11.7. The van der Waals surface area contributed by atoms with Crippen LogP contribution in [0.4, 0.5) is 5.69 Å². The fourth-order valence-corrected chi connectivity index (χ4v) is 2.65. The number of benzene rings is 1. The molecule has 0 saturated carbocycles. The van der Waals surface area contributed by atoms with Crippen LogP contribution in [0.25, 0.3) is 0 Å². The van der Waals surface area contributed by atoms with Crippen molar-refractivity contribution in [2.24, 2.45) is 0 Å². The highest BCUT2D eigenvalue weighted by atomic mass is 35.5. The zero-order valence-electron chi connectivity index (χ0n) is 8.33. The fourth-order valence-electron chi connectivity index (χ4n) is 1.14. The predicted octanol–water partition coefficient (Wildman–Crippen LogP) is 4.02. The quantitative estimate of drug-likeness (QED) is 0.841. The third kappa shape index (κ3) is 2.45. The molecule has 0 saturated heterocycles. The summed E-state index contributed by atoms with van der Waals surface area (Å²) < 4.78 is 5.21. The lowest BCUT2D eigenvalue weighted by Gasteiger charge is -2.04. The number of oxazole rings is 1. The van der Waals surface area contributed by atoms with E-state index in [2.05, 4.69) is 4.98 Å². The van der Waals surface area contributed by atoms with E-state index in [0.717, 1.165) is 5.69 Å². The molecule has 0 aliphatic rings. The van der Waals surface area contributed by atoms with Gasteiger partial charge in [-0.05, 0) is 30.8 Å². The summed E-state index contributed by atoms with van der Waals surface area (Å²) in [6.07, 6.45) is 1.57. The number of aryl methyl sites for hydroxylation is 1. The maximum atomic E-state index is 6.04. The third-order valence-corrected chi connectivity index (χ3v) is 3.63. The fraction of sp³-hybridized carbons (Fsp3) is 0.100. The average Bonchev–Trinajstić information content (AvgIpc) is 2.58. The minimum atomic E-state index is 0.492. The van der Waals surface area contributed by atoms with E-state index in [1.807, 2.05) is 6.92 Å². The van der Waals surface area contributed by atoms with Gasteiger partial charge in [0.15, 0.2) is 0 Å². The number of anilines is 1. The van der Waals surface area contributed by atoms with Gasteiger partial charge in [-0.2, -0.15) is 0 Å². The number of hydrogen-bond acceptors (Lipinski definition) is 4. The van der Waals surface area contributed by atoms with Crippen LogP contribution >= 0.6 is 35.0 Å². The third-order valence-electron chi connectivity index (χ3n) is 1.81. The number of nitrogens with zero attached hydrogens (tertiary/aromatic N) is 1. The summed E-state index contributed by atoms with van der Waals surface area (Å²) >= 11 is 13.3. The van der Waals surface area contributed by atoms with Gasteiger partial charge in [-0.15, -0.1) is 0 Å². The first-order valence-electron chi connectivity index (χ1n) is 4.41. The molecule has 1 aromatic carbocycles. The monoisotopic (exact) mass is 274 g/mol. The second-order valence-electron chi connectivity index (χ2n) is 3.17. The minimum absolute atomic E-state index is 0.492. The van der Waals surface area contributed by atoms with Crippen LogP contribution in [0.5, 0.6) is 0 Å². The van der Waals surface area contributed by atoms with Crippen LogP contribution in [-0.2, 0) is 0 Å². The van der Waals surface area contributed by atoms with Crippen molar-refractivity contribution in [3.05, 3.63) is 34.1 Å². The van der Waals surface area contributed by atoms with Crippen LogP contribution in [-0.4, -0.2) is 4.98 Å². The molecule has 2 N–H and O–H groups in total. The van der Waals surface area contributed by atoms with Crippen molar-refractivity contribution in [3.8, 4) is 0 Å². The van der Waals surface area contributed by atoms with E-state index in [1.54, 1.807) is 18.4 Å². The first-order valence-corrected chi connectivity index (χ1v) is 5.98. The van der Waals surface area contributed by atoms with Crippen LogP contribution in [0.2, 0.25) is 10.0 Å². The van der Waals surface area contributed by atoms with Crippen LogP contribution in [0.15, 0.2) is 32.9 Å². The molecule has 6 heteroatoms. The van der Waals surface area contributed by atoms with Crippen molar-refractivity contribution in [2.45, 2.75) is 17.0 Å². The minimum Gasteiger partial charge on any atom is -0.439 e. The molecule has 0 amide bonds. The molecule has 1 aromatic heterocycles. The lowest BCUT2D eigenvalue weighted by molar-refractivity contribution is 0.454. The molecular formula is C10H8Cl2N2OS. The van der Waals surface area contributed by atoms with Crippen molar-refractivity contribution < 1.29 is 4.42 Å². The Morgan fingerprint density at radius 2 is 1.94 bits per heavy atom. The molecule has 2 rings (SSSR count). The van der Waals surface area contributed by atoms with Crippen molar-refractivity contribution >= 4 is 40.7 Å². The van der Waals surface area contributed by atoms with Gasteiger partial charge in [0, 0.05) is 5.69 Å². The van der Waals surface area contributed by atoms with Gasteiger partial charge in [-0.25, -0.2) is 4.98 Å². The highest BCUT2D eigenvalue weighted by molar-refractivity contribution is 7.99. The van der Waals surface area contributed by atoms with Gasteiger partial charge < -0.3 is 10.2 Å². The second kappa shape index (κ2) is 4.57. The first kappa shape index (κ1) is 11.6. The Hall–Kier alpha value is -0.840. The topological polar surface area (TPSA) is 52.0 Å². The van der Waals surface area contributed by atoms with Crippen molar-refractivity contribution in [1.29, 1.82) is 0 Å². The number of hydrogen-bond donors (Lipinski definition) is 1. The molecule has 0 radical (unpaired) electrons. The molecule has 0 aliphatic carbocycles. The largest absolute Gasteiger partial charge is 0.439 e. The molecule has 0 spiro atoms. The van der Waals surface area contributed by atoms with Gasteiger partial charge in [-0.3, -0.25) is 0 Å². The number of nitrogen functional groups attached to an aromatic ring is 1. The maximum Gasteiger partial charge on any atom is 0.260 e. The van der Waals surface area contributed by atoms with Gasteiger partial charge >= 0.3 is 0 Å². The Morgan fingerprint density at radius 1 is 1.31 bits per heavy atom. The Labute approximate surface area is 107 Å². The van der Waals surface area contributed by atoms with Gasteiger partial charge in [0.05, 0.1) is 20.6 Å². The number of rotatable bonds is 2. The van der Waals surface area contributed by atoms with E-state index in [9.17, 15) is 0 Å². The molecule has 16 heavy (non-hydrogen) atoms. The Balaban J connectivity index is 2.34. The van der Waals surface area contributed by atoms with Crippen molar-refractivity contribution in [3.63, 3.8) is 0 Å². The smallest absolute Gasteiger partial charge is 0.260 e. The molecule has 0 fully saturated rings. The standard InChI is InChI=1S/C10H8Cl2N2OS/c1-5-4-15-10(14-5)16-9-7(11)2-6(13)3-8(9)12/h2-4H,13H2,1H3. The SMILES string of the molecule is Cc1coc(Sc2c(Cl)cc(N)cc2Cl)n1. The van der Waals surface area contributed by atoms with E-state index in [0.29, 0.717) is 25.9 Å². The molecule has 3 nitrogen and oxygen atoms in total. The maximum absolute atomic E-state index is 6.04. The summed E-state index contributed by atoms with van der Waals surface area (Å²) in [6, 6.07) is 3.29. The van der Waals surface area contributed by atoms with Crippen LogP contribution in [0, 0.1) is 6.92 Å². The van der Waals surface area contributed by atoms with Crippen molar-refractivity contribution in [1.82, 2.24) is 4.98 Å². The predicted molar refractivity (Wildman–Crippen MR) is 66.2 cm³/mol. The highest BCUT2D eigenvalue weighted by Gasteiger charge is 2.12. The molecular weight excluding hydrogens is 267 g/mol. The molecule has 0 aliphatic heterocycles. The lowest BCUT2D eigenvalue weighted by Crippen LogP contribution is -1.86. The number of halogens is 2. The summed E-state index contributed by atoms with van der Waals surface area (Å²) in [5.41, 5.74) is 6.95. The Bertz CT molecular complexity index is 504. The number of nitrogens with two attached hydrogens (primary N) is 1. The van der Waals surface area contributed by atoms with Gasteiger partial charge in [-0.1, -0.05) is 23.2 Å². The lowest BCUT2D eigenvalue weighted by atomic mass is 10.3.